The summed E-state index contributed by atoms with van der Waals surface area (Å²) in [7, 11) is 2.50. The summed E-state index contributed by atoms with van der Waals surface area (Å²) in [6.07, 6.45) is -3.16. The Bertz CT molecular complexity index is 717. The summed E-state index contributed by atoms with van der Waals surface area (Å²) in [4.78, 5) is 15.4. The molecule has 0 bridgehead atoms. The molecule has 0 atom stereocenters. The van der Waals surface area contributed by atoms with Gasteiger partial charge in [0.25, 0.3) is 0 Å². The predicted molar refractivity (Wildman–Crippen MR) is 76.9 cm³/mol. The average Bonchev–Trinajstić information content (AvgIpc) is 2.53. The van der Waals surface area contributed by atoms with Crippen molar-refractivity contribution in [3.8, 4) is 5.75 Å². The van der Waals surface area contributed by atoms with Gasteiger partial charge in [-0.15, -0.1) is 0 Å². The van der Waals surface area contributed by atoms with Crippen LogP contribution in [0, 0.1) is 0 Å². The summed E-state index contributed by atoms with van der Waals surface area (Å²) in [6.45, 7) is 0. The number of alkyl halides is 3. The third kappa shape index (κ3) is 4.12. The minimum Gasteiger partial charge on any atom is -0.497 e. The number of esters is 1. The van der Waals surface area contributed by atoms with E-state index in [2.05, 4.69) is 15.0 Å². The molecule has 23 heavy (non-hydrogen) atoms. The number of hydrogen-bond donors (Lipinski definition) is 1. The molecule has 0 aliphatic rings. The second-order valence-electron chi connectivity index (χ2n) is 4.49. The lowest BCUT2D eigenvalue weighted by atomic mass is 10.1. The van der Waals surface area contributed by atoms with Gasteiger partial charge in [-0.2, -0.15) is 13.2 Å². The minimum absolute atomic E-state index is 0.0476. The molecule has 2 rings (SSSR count). The number of aromatic nitrogens is 1. The molecule has 0 aliphatic heterocycles. The summed E-state index contributed by atoms with van der Waals surface area (Å²) in [5.41, 5.74) is -0.501. The first kappa shape index (κ1) is 16.6. The summed E-state index contributed by atoms with van der Waals surface area (Å²) in [6, 6.07) is 6.02. The second-order valence-corrected chi connectivity index (χ2v) is 4.49. The molecule has 0 spiro atoms. The molecular weight excluding hydrogens is 313 g/mol. The Morgan fingerprint density at radius 3 is 2.52 bits per heavy atom. The fourth-order valence-corrected chi connectivity index (χ4v) is 1.84. The van der Waals surface area contributed by atoms with Crippen LogP contribution in [0.15, 0.2) is 36.5 Å². The topological polar surface area (TPSA) is 60.5 Å². The number of halogens is 3. The van der Waals surface area contributed by atoms with E-state index in [1.807, 2.05) is 0 Å². The largest absolute Gasteiger partial charge is 0.497 e. The molecule has 1 aromatic carbocycles. The van der Waals surface area contributed by atoms with Crippen LogP contribution in [-0.4, -0.2) is 25.2 Å². The van der Waals surface area contributed by atoms with E-state index in [4.69, 9.17) is 4.74 Å². The van der Waals surface area contributed by atoms with E-state index in [-0.39, 0.29) is 22.8 Å². The van der Waals surface area contributed by atoms with Gasteiger partial charge in [-0.3, -0.25) is 0 Å². The zero-order valence-corrected chi connectivity index (χ0v) is 12.3. The van der Waals surface area contributed by atoms with Crippen molar-refractivity contribution in [1.29, 1.82) is 0 Å². The van der Waals surface area contributed by atoms with Gasteiger partial charge < -0.3 is 14.8 Å². The van der Waals surface area contributed by atoms with Crippen LogP contribution in [0.25, 0.3) is 0 Å². The third-order valence-electron chi connectivity index (χ3n) is 2.92. The van der Waals surface area contributed by atoms with Crippen molar-refractivity contribution in [2.45, 2.75) is 6.18 Å². The first-order valence-electron chi connectivity index (χ1n) is 6.41. The van der Waals surface area contributed by atoms with Crippen molar-refractivity contribution in [3.63, 3.8) is 0 Å². The number of nitrogens with zero attached hydrogens (tertiary/aromatic N) is 1. The van der Waals surface area contributed by atoms with Crippen molar-refractivity contribution >= 4 is 17.5 Å². The van der Waals surface area contributed by atoms with Crippen molar-refractivity contribution in [3.05, 3.63) is 47.7 Å². The van der Waals surface area contributed by atoms with Crippen LogP contribution in [0.4, 0.5) is 24.7 Å². The zero-order valence-electron chi connectivity index (χ0n) is 12.3. The lowest BCUT2D eigenvalue weighted by Gasteiger charge is -2.13. The number of rotatable bonds is 4. The summed E-state index contributed by atoms with van der Waals surface area (Å²) in [5, 5.41) is 2.71. The van der Waals surface area contributed by atoms with Crippen LogP contribution in [0.5, 0.6) is 5.75 Å². The van der Waals surface area contributed by atoms with Gasteiger partial charge in [-0.1, -0.05) is 0 Å². The number of hydrogen-bond acceptors (Lipinski definition) is 5. The van der Waals surface area contributed by atoms with E-state index >= 15 is 0 Å². The molecule has 122 valence electrons. The SMILES string of the molecule is COC(=O)c1ccnc(Nc2cc(OC)cc(C(F)(F)F)c2)c1. The number of nitrogens with one attached hydrogen (secondary N) is 1. The lowest BCUT2D eigenvalue weighted by molar-refractivity contribution is -0.137. The third-order valence-corrected chi connectivity index (χ3v) is 2.92. The Morgan fingerprint density at radius 2 is 1.91 bits per heavy atom. The van der Waals surface area contributed by atoms with Crippen LogP contribution in [0.2, 0.25) is 0 Å². The monoisotopic (exact) mass is 326 g/mol. The molecule has 1 aromatic heterocycles. The van der Waals surface area contributed by atoms with E-state index in [1.165, 1.54) is 38.6 Å². The van der Waals surface area contributed by atoms with Gasteiger partial charge in [0, 0.05) is 18.0 Å². The summed E-state index contributed by atoms with van der Waals surface area (Å²) < 4.78 is 48.1. The molecule has 8 heteroatoms. The molecule has 0 unspecified atom stereocenters. The number of carbonyl (C=O) groups excluding carboxylic acids is 1. The Balaban J connectivity index is 2.34. The van der Waals surface area contributed by atoms with Crippen LogP contribution in [0.3, 0.4) is 0 Å². The molecule has 1 heterocycles. The van der Waals surface area contributed by atoms with Crippen molar-refractivity contribution in [1.82, 2.24) is 4.98 Å². The van der Waals surface area contributed by atoms with E-state index in [9.17, 15) is 18.0 Å². The first-order chi connectivity index (χ1) is 10.8. The molecule has 1 N–H and O–H groups in total. The Morgan fingerprint density at radius 1 is 1.17 bits per heavy atom. The van der Waals surface area contributed by atoms with Gasteiger partial charge in [0.1, 0.15) is 11.6 Å². The standard InChI is InChI=1S/C15H13F3N2O3/c1-22-12-7-10(15(16,17)18)6-11(8-12)20-13-5-9(3-4-19-13)14(21)23-2/h3-8H,1-2H3,(H,19,20). The average molecular weight is 326 g/mol. The Labute approximate surface area is 130 Å². The van der Waals surface area contributed by atoms with Gasteiger partial charge in [0.05, 0.1) is 25.3 Å². The van der Waals surface area contributed by atoms with Crippen LogP contribution < -0.4 is 10.1 Å². The molecular formula is C15H13F3N2O3. The number of ether oxygens (including phenoxy) is 2. The van der Waals surface area contributed by atoms with Crippen LogP contribution in [-0.2, 0) is 10.9 Å². The molecule has 0 amide bonds. The van der Waals surface area contributed by atoms with E-state index in [0.717, 1.165) is 12.1 Å². The number of carbonyl (C=O) groups is 1. The minimum atomic E-state index is -4.51. The Kier molecular flexibility index (Phi) is 4.73. The van der Waals surface area contributed by atoms with Crippen molar-refractivity contribution in [2.24, 2.45) is 0 Å². The Hall–Kier alpha value is -2.77. The number of benzene rings is 1. The molecule has 0 radical (unpaired) electrons. The quantitative estimate of drug-likeness (QED) is 0.869. The van der Waals surface area contributed by atoms with Crippen LogP contribution in [0.1, 0.15) is 15.9 Å². The highest BCUT2D eigenvalue weighted by Gasteiger charge is 2.31. The molecule has 0 fully saturated rings. The van der Waals surface area contributed by atoms with E-state index in [0.29, 0.717) is 0 Å². The van der Waals surface area contributed by atoms with E-state index in [1.54, 1.807) is 0 Å². The van der Waals surface area contributed by atoms with Gasteiger partial charge in [0.2, 0.25) is 0 Å². The summed E-state index contributed by atoms with van der Waals surface area (Å²) in [5.74, 6) is -0.321. The van der Waals surface area contributed by atoms with E-state index < -0.39 is 17.7 Å². The maximum atomic E-state index is 12.9. The molecule has 0 aliphatic carbocycles. The normalized spacial score (nSPS) is 11.0. The van der Waals surface area contributed by atoms with Crippen molar-refractivity contribution in [2.75, 3.05) is 19.5 Å². The summed E-state index contributed by atoms with van der Waals surface area (Å²) >= 11 is 0. The first-order valence-corrected chi connectivity index (χ1v) is 6.41. The smallest absolute Gasteiger partial charge is 0.416 e. The fraction of sp³-hybridized carbons (Fsp3) is 0.200. The second kappa shape index (κ2) is 6.55. The molecule has 2 aromatic rings. The number of pyridine rings is 1. The highest BCUT2D eigenvalue weighted by atomic mass is 19.4. The van der Waals surface area contributed by atoms with Gasteiger partial charge in [-0.25, -0.2) is 9.78 Å². The molecule has 5 nitrogen and oxygen atoms in total. The van der Waals surface area contributed by atoms with Crippen molar-refractivity contribution < 1.29 is 27.4 Å². The highest BCUT2D eigenvalue weighted by Crippen LogP contribution is 2.34. The number of methoxy groups -OCH3 is 2. The molecule has 0 saturated carbocycles. The maximum absolute atomic E-state index is 12.9. The van der Waals surface area contributed by atoms with Gasteiger partial charge in [0.15, 0.2) is 0 Å². The number of anilines is 2. The highest BCUT2D eigenvalue weighted by molar-refractivity contribution is 5.90. The zero-order chi connectivity index (χ0) is 17.0. The molecule has 0 saturated heterocycles. The van der Waals surface area contributed by atoms with Crippen LogP contribution >= 0.6 is 0 Å². The van der Waals surface area contributed by atoms with Gasteiger partial charge in [-0.05, 0) is 24.3 Å². The predicted octanol–water partition coefficient (Wildman–Crippen LogP) is 3.64. The fourth-order valence-electron chi connectivity index (χ4n) is 1.84. The lowest BCUT2D eigenvalue weighted by Crippen LogP contribution is -2.07. The maximum Gasteiger partial charge on any atom is 0.416 e. The van der Waals surface area contributed by atoms with Gasteiger partial charge >= 0.3 is 12.1 Å².